The number of carbonyl (C=O) groups excluding carboxylic acids is 1. The molecule has 0 aliphatic heterocycles. The molecule has 40 heavy (non-hydrogen) atoms. The average molecular weight is 552 g/mol. The van der Waals surface area contributed by atoms with Crippen LogP contribution < -0.4 is 14.4 Å². The number of methoxy groups -OCH3 is 1. The summed E-state index contributed by atoms with van der Waals surface area (Å²) in [4.78, 5) is 19.0. The predicted octanol–water partition coefficient (Wildman–Crippen LogP) is 9.28. The van der Waals surface area contributed by atoms with Gasteiger partial charge in [0.15, 0.2) is 0 Å². The van der Waals surface area contributed by atoms with Gasteiger partial charge in [0.2, 0.25) is 11.8 Å². The van der Waals surface area contributed by atoms with Crippen LogP contribution in [-0.2, 0) is 9.53 Å². The molecule has 3 rings (SSSR count). The summed E-state index contributed by atoms with van der Waals surface area (Å²) in [5, 5.41) is 7.32. The molecular formula is C33H49N3O4. The summed E-state index contributed by atoms with van der Waals surface area (Å²) in [6.07, 6.45) is 0. The van der Waals surface area contributed by atoms with E-state index in [-0.39, 0.29) is 5.97 Å². The standard InChI is InChI=1S/C25H28N2O4.C2H3N.3C2H6/c1-17-21(27(5)25(3,4)24(28)29-6)18(2)23(31-20-15-11-8-12-16-20)26-22(17)30-19-13-9-7-10-14-19;1-2-3;3*1-2/h7-16H,1-6H3;1H3;3*1-2H3. The Labute approximate surface area is 242 Å². The first-order valence-corrected chi connectivity index (χ1v) is 13.8. The molecule has 0 radical (unpaired) electrons. The maximum Gasteiger partial charge on any atom is 0.331 e. The lowest BCUT2D eigenvalue weighted by Gasteiger charge is -2.37. The van der Waals surface area contributed by atoms with Crippen LogP contribution in [0.2, 0.25) is 0 Å². The van der Waals surface area contributed by atoms with E-state index in [0.717, 1.165) is 16.8 Å². The zero-order valence-corrected chi connectivity index (χ0v) is 26.7. The molecule has 1 heterocycles. The fraction of sp³-hybridized carbons (Fsp3) is 0.424. The minimum absolute atomic E-state index is 0.346. The second-order valence-electron chi connectivity index (χ2n) is 7.98. The third-order valence-electron chi connectivity index (χ3n) is 5.33. The van der Waals surface area contributed by atoms with Crippen molar-refractivity contribution in [1.29, 1.82) is 5.26 Å². The third-order valence-corrected chi connectivity index (χ3v) is 5.33. The predicted molar refractivity (Wildman–Crippen MR) is 167 cm³/mol. The number of benzene rings is 2. The molecule has 0 amide bonds. The molecule has 0 saturated carbocycles. The van der Waals surface area contributed by atoms with Crippen LogP contribution in [-0.4, -0.2) is 30.6 Å². The molecule has 7 nitrogen and oxygen atoms in total. The normalized spacial score (nSPS) is 9.20. The van der Waals surface area contributed by atoms with Crippen molar-refractivity contribution in [2.45, 2.75) is 81.7 Å². The summed E-state index contributed by atoms with van der Waals surface area (Å²) in [5.41, 5.74) is 1.46. The molecule has 1 aromatic heterocycles. The molecule has 0 N–H and O–H groups in total. The highest BCUT2D eigenvalue weighted by Crippen LogP contribution is 2.41. The summed E-state index contributed by atoms with van der Waals surface area (Å²) in [7, 11) is 3.24. The summed E-state index contributed by atoms with van der Waals surface area (Å²) in [6.45, 7) is 20.9. The van der Waals surface area contributed by atoms with Crippen LogP contribution in [0, 0.1) is 25.2 Å². The Bertz CT molecular complexity index is 1080. The quantitative estimate of drug-likeness (QED) is 0.270. The van der Waals surface area contributed by atoms with E-state index < -0.39 is 5.54 Å². The minimum atomic E-state index is -0.917. The summed E-state index contributed by atoms with van der Waals surface area (Å²) in [5.74, 6) is 1.79. The first-order chi connectivity index (χ1) is 19.2. The van der Waals surface area contributed by atoms with Crippen LogP contribution in [0.25, 0.3) is 0 Å². The van der Waals surface area contributed by atoms with Gasteiger partial charge in [-0.25, -0.2) is 4.79 Å². The van der Waals surface area contributed by atoms with E-state index in [1.165, 1.54) is 14.0 Å². The van der Waals surface area contributed by atoms with Gasteiger partial charge in [0.25, 0.3) is 0 Å². The van der Waals surface area contributed by atoms with E-state index in [1.54, 1.807) is 6.07 Å². The van der Waals surface area contributed by atoms with E-state index >= 15 is 0 Å². The summed E-state index contributed by atoms with van der Waals surface area (Å²) < 4.78 is 17.2. The van der Waals surface area contributed by atoms with E-state index in [9.17, 15) is 4.79 Å². The second-order valence-corrected chi connectivity index (χ2v) is 7.98. The van der Waals surface area contributed by atoms with Crippen LogP contribution in [0.1, 0.15) is 73.4 Å². The number of nitrogens with zero attached hydrogens (tertiary/aromatic N) is 3. The summed E-state index contributed by atoms with van der Waals surface area (Å²) in [6, 6.07) is 20.6. The minimum Gasteiger partial charge on any atom is -0.467 e. The fourth-order valence-corrected chi connectivity index (χ4v) is 3.31. The maximum absolute atomic E-state index is 12.5. The number of rotatable bonds is 7. The number of nitriles is 1. The van der Waals surface area contributed by atoms with Gasteiger partial charge in [-0.05, 0) is 52.0 Å². The number of hydrogen-bond donors (Lipinski definition) is 0. The van der Waals surface area contributed by atoms with Crippen LogP contribution in [0.3, 0.4) is 0 Å². The lowest BCUT2D eigenvalue weighted by molar-refractivity contribution is -0.145. The van der Waals surface area contributed by atoms with Crippen LogP contribution in [0.15, 0.2) is 60.7 Å². The first kappa shape index (κ1) is 38.1. The van der Waals surface area contributed by atoms with Gasteiger partial charge in [0, 0.05) is 25.1 Å². The Kier molecular flexibility index (Phi) is 19.9. The molecule has 0 saturated heterocycles. The van der Waals surface area contributed by atoms with Crippen molar-refractivity contribution >= 4 is 11.7 Å². The number of carbonyl (C=O) groups is 1. The van der Waals surface area contributed by atoms with E-state index in [4.69, 9.17) is 19.5 Å². The van der Waals surface area contributed by atoms with E-state index in [2.05, 4.69) is 4.98 Å². The molecule has 220 valence electrons. The maximum atomic E-state index is 12.5. The van der Waals surface area contributed by atoms with Gasteiger partial charge < -0.3 is 19.1 Å². The number of para-hydroxylation sites is 2. The van der Waals surface area contributed by atoms with Crippen molar-refractivity contribution in [3.05, 3.63) is 71.8 Å². The zero-order chi connectivity index (χ0) is 31.3. The Hall–Kier alpha value is -4.05. The van der Waals surface area contributed by atoms with Crippen molar-refractivity contribution in [3.63, 3.8) is 0 Å². The number of likely N-dealkylation sites (N-methyl/N-ethyl adjacent to an activating group) is 1. The lowest BCUT2D eigenvalue weighted by atomic mass is 10.00. The topological polar surface area (TPSA) is 84.7 Å². The number of aromatic nitrogens is 1. The van der Waals surface area contributed by atoms with Gasteiger partial charge in [-0.3, -0.25) is 0 Å². The number of esters is 1. The summed E-state index contributed by atoms with van der Waals surface area (Å²) >= 11 is 0. The number of anilines is 1. The zero-order valence-electron chi connectivity index (χ0n) is 26.7. The van der Waals surface area contributed by atoms with Crippen LogP contribution >= 0.6 is 0 Å². The number of ether oxygens (including phenoxy) is 3. The SMILES string of the molecule is CC.CC.CC.CC#N.COC(=O)C(C)(C)N(C)c1c(C)c(Oc2ccccc2)nc(Oc2ccccc2)c1C. The molecule has 0 spiro atoms. The molecule has 0 aliphatic rings. The Morgan fingerprint density at radius 2 is 1.12 bits per heavy atom. The van der Waals surface area contributed by atoms with Crippen LogP contribution in [0.4, 0.5) is 5.69 Å². The third kappa shape index (κ3) is 11.0. The highest BCUT2D eigenvalue weighted by Gasteiger charge is 2.36. The largest absolute Gasteiger partial charge is 0.467 e. The molecule has 3 aromatic rings. The molecule has 0 aliphatic carbocycles. The van der Waals surface area contributed by atoms with Crippen molar-refractivity contribution in [2.75, 3.05) is 19.1 Å². The fourth-order valence-electron chi connectivity index (χ4n) is 3.31. The van der Waals surface area contributed by atoms with E-state index in [1.807, 2.05) is 142 Å². The van der Waals surface area contributed by atoms with Crippen molar-refractivity contribution in [1.82, 2.24) is 4.98 Å². The van der Waals surface area contributed by atoms with Gasteiger partial charge in [-0.15, -0.1) is 0 Å². The van der Waals surface area contributed by atoms with Gasteiger partial charge in [0.1, 0.15) is 17.0 Å². The molecule has 0 atom stereocenters. The molecule has 0 fully saturated rings. The molecule has 2 aromatic carbocycles. The number of pyridine rings is 1. The molecule has 0 unspecified atom stereocenters. The van der Waals surface area contributed by atoms with Gasteiger partial charge in [0.05, 0.1) is 18.9 Å². The number of hydrogen-bond acceptors (Lipinski definition) is 7. The molecular weight excluding hydrogens is 502 g/mol. The van der Waals surface area contributed by atoms with Crippen molar-refractivity contribution < 1.29 is 19.0 Å². The Morgan fingerprint density at radius 1 is 0.800 bits per heavy atom. The molecule has 7 heteroatoms. The van der Waals surface area contributed by atoms with Crippen molar-refractivity contribution in [2.24, 2.45) is 0 Å². The van der Waals surface area contributed by atoms with E-state index in [0.29, 0.717) is 23.3 Å². The van der Waals surface area contributed by atoms with Crippen molar-refractivity contribution in [3.8, 4) is 29.3 Å². The average Bonchev–Trinajstić information content (AvgIpc) is 2.99. The highest BCUT2D eigenvalue weighted by molar-refractivity contribution is 5.85. The Morgan fingerprint density at radius 3 is 1.43 bits per heavy atom. The smallest absolute Gasteiger partial charge is 0.331 e. The lowest BCUT2D eigenvalue weighted by Crippen LogP contribution is -2.49. The second kappa shape index (κ2) is 20.9. The van der Waals surface area contributed by atoms with Gasteiger partial charge >= 0.3 is 5.97 Å². The monoisotopic (exact) mass is 551 g/mol. The van der Waals surface area contributed by atoms with Gasteiger partial charge in [-0.1, -0.05) is 77.9 Å². The molecule has 0 bridgehead atoms. The first-order valence-electron chi connectivity index (χ1n) is 13.8. The Balaban J connectivity index is 0. The van der Waals surface area contributed by atoms with Gasteiger partial charge in [-0.2, -0.15) is 10.2 Å². The highest BCUT2D eigenvalue weighted by atomic mass is 16.5. The van der Waals surface area contributed by atoms with Crippen LogP contribution in [0.5, 0.6) is 23.3 Å².